The van der Waals surface area contributed by atoms with E-state index in [1.54, 1.807) is 35.2 Å². The number of aromatic hydroxyl groups is 1. The Kier molecular flexibility index (Phi) is 6.73. The third-order valence-corrected chi connectivity index (χ3v) is 6.18. The Hall–Kier alpha value is -3.67. The van der Waals surface area contributed by atoms with Gasteiger partial charge in [0.2, 0.25) is 5.91 Å². The standard InChI is InChI=1S/C27H26FNO4/c28-20-11-13-21(14-12-20)29-26(22-15-9-19(17-24(22)30)10-16-25(31)32)23(27(29)33)8-4-7-18-5-2-1-3-6-18/h1-3,5-6,9,11-15,17,23,26,30H,4,7-8,10,16H2,(H,31,32). The van der Waals surface area contributed by atoms with Crippen LogP contribution < -0.4 is 4.90 Å². The number of hydrogen-bond acceptors (Lipinski definition) is 3. The van der Waals surface area contributed by atoms with Crippen LogP contribution >= 0.6 is 0 Å². The summed E-state index contributed by atoms with van der Waals surface area (Å²) in [6.07, 6.45) is 2.63. The number of anilines is 1. The molecule has 0 aliphatic carbocycles. The molecule has 2 unspecified atom stereocenters. The monoisotopic (exact) mass is 447 g/mol. The highest BCUT2D eigenvalue weighted by Crippen LogP contribution is 2.48. The average molecular weight is 448 g/mol. The molecule has 1 saturated heterocycles. The summed E-state index contributed by atoms with van der Waals surface area (Å²) in [5.41, 5.74) is 3.13. The quantitative estimate of drug-likeness (QED) is 0.438. The minimum atomic E-state index is -0.899. The topological polar surface area (TPSA) is 77.8 Å². The summed E-state index contributed by atoms with van der Waals surface area (Å²) in [5, 5.41) is 19.7. The zero-order chi connectivity index (χ0) is 23.4. The van der Waals surface area contributed by atoms with Gasteiger partial charge in [0, 0.05) is 17.7 Å². The van der Waals surface area contributed by atoms with Crippen molar-refractivity contribution in [3.8, 4) is 5.75 Å². The van der Waals surface area contributed by atoms with Crippen LogP contribution in [0.15, 0.2) is 72.8 Å². The SMILES string of the molecule is O=C(O)CCc1ccc(C2C(CCCc3ccccc3)C(=O)N2c2ccc(F)cc2)c(O)c1. The number of phenols is 1. The molecular formula is C27H26FNO4. The Bertz CT molecular complexity index is 1130. The van der Waals surface area contributed by atoms with Crippen LogP contribution in [-0.2, 0) is 22.4 Å². The van der Waals surface area contributed by atoms with E-state index in [0.717, 1.165) is 18.4 Å². The molecule has 4 rings (SSSR count). The van der Waals surface area contributed by atoms with Crippen LogP contribution in [0.3, 0.4) is 0 Å². The third-order valence-electron chi connectivity index (χ3n) is 6.18. The highest BCUT2D eigenvalue weighted by atomic mass is 19.1. The predicted molar refractivity (Wildman–Crippen MR) is 124 cm³/mol. The number of hydrogen-bond donors (Lipinski definition) is 2. The molecule has 1 amide bonds. The number of amides is 1. The van der Waals surface area contributed by atoms with Crippen molar-refractivity contribution in [3.05, 3.63) is 95.3 Å². The molecular weight excluding hydrogens is 421 g/mol. The summed E-state index contributed by atoms with van der Waals surface area (Å²) < 4.78 is 13.4. The molecule has 1 aliphatic rings. The highest BCUT2D eigenvalue weighted by molar-refractivity contribution is 6.03. The molecule has 5 nitrogen and oxygen atoms in total. The van der Waals surface area contributed by atoms with Gasteiger partial charge in [-0.1, -0.05) is 42.5 Å². The number of carboxylic acids is 1. The number of halogens is 1. The van der Waals surface area contributed by atoms with Gasteiger partial charge in [0.15, 0.2) is 0 Å². The summed E-state index contributed by atoms with van der Waals surface area (Å²) in [5.74, 6) is -1.59. The number of benzene rings is 3. The molecule has 6 heteroatoms. The predicted octanol–water partition coefficient (Wildman–Crippen LogP) is 5.28. The number of carbonyl (C=O) groups excluding carboxylic acids is 1. The van der Waals surface area contributed by atoms with Gasteiger partial charge in [-0.15, -0.1) is 0 Å². The first kappa shape index (κ1) is 22.5. The lowest BCUT2D eigenvalue weighted by atomic mass is 9.78. The maximum Gasteiger partial charge on any atom is 0.303 e. The molecule has 0 radical (unpaired) electrons. The molecule has 3 aromatic rings. The first-order valence-corrected chi connectivity index (χ1v) is 11.1. The van der Waals surface area contributed by atoms with Gasteiger partial charge >= 0.3 is 5.97 Å². The number of carbonyl (C=O) groups is 2. The number of phenolic OH excluding ortho intramolecular Hbond substituents is 1. The van der Waals surface area contributed by atoms with Crippen LogP contribution in [0.1, 0.15) is 42.0 Å². The van der Waals surface area contributed by atoms with E-state index in [4.69, 9.17) is 5.11 Å². The summed E-state index contributed by atoms with van der Waals surface area (Å²) >= 11 is 0. The summed E-state index contributed by atoms with van der Waals surface area (Å²) in [7, 11) is 0. The van der Waals surface area contributed by atoms with E-state index in [-0.39, 0.29) is 35.9 Å². The zero-order valence-electron chi connectivity index (χ0n) is 18.2. The number of carboxylic acid groups (broad SMARTS) is 1. The van der Waals surface area contributed by atoms with E-state index in [0.29, 0.717) is 24.1 Å². The van der Waals surface area contributed by atoms with Crippen molar-refractivity contribution in [2.75, 3.05) is 4.90 Å². The molecule has 0 aromatic heterocycles. The minimum Gasteiger partial charge on any atom is -0.508 e. The van der Waals surface area contributed by atoms with E-state index >= 15 is 0 Å². The Labute approximate surface area is 192 Å². The van der Waals surface area contributed by atoms with Crippen LogP contribution in [0.4, 0.5) is 10.1 Å². The third kappa shape index (κ3) is 5.06. The van der Waals surface area contributed by atoms with Gasteiger partial charge in [-0.2, -0.15) is 0 Å². The van der Waals surface area contributed by atoms with Gasteiger partial charge in [0.1, 0.15) is 11.6 Å². The molecule has 1 aliphatic heterocycles. The minimum absolute atomic E-state index is 0.0233. The van der Waals surface area contributed by atoms with Crippen LogP contribution in [0, 0.1) is 11.7 Å². The summed E-state index contributed by atoms with van der Waals surface area (Å²) in [6, 6.07) is 20.6. The van der Waals surface area contributed by atoms with E-state index in [9.17, 15) is 19.1 Å². The second-order valence-corrected chi connectivity index (χ2v) is 8.40. The van der Waals surface area contributed by atoms with Gasteiger partial charge in [-0.25, -0.2) is 4.39 Å². The number of aryl methyl sites for hydroxylation is 2. The second kappa shape index (κ2) is 9.86. The number of aliphatic carboxylic acids is 1. The lowest BCUT2D eigenvalue weighted by molar-refractivity contribution is -0.137. The van der Waals surface area contributed by atoms with Gasteiger partial charge in [-0.05, 0) is 67.1 Å². The Morgan fingerprint density at radius 3 is 2.33 bits per heavy atom. The Morgan fingerprint density at radius 1 is 0.939 bits per heavy atom. The van der Waals surface area contributed by atoms with E-state index < -0.39 is 5.97 Å². The van der Waals surface area contributed by atoms with Crippen LogP contribution in [0.2, 0.25) is 0 Å². The van der Waals surface area contributed by atoms with Crippen molar-refractivity contribution in [1.82, 2.24) is 0 Å². The number of rotatable bonds is 9. The van der Waals surface area contributed by atoms with Crippen molar-refractivity contribution in [2.45, 2.75) is 38.1 Å². The maximum absolute atomic E-state index is 13.4. The average Bonchev–Trinajstić information content (AvgIpc) is 2.81. The maximum atomic E-state index is 13.4. The lowest BCUT2D eigenvalue weighted by Gasteiger charge is -2.48. The fourth-order valence-corrected chi connectivity index (χ4v) is 4.49. The fraction of sp³-hybridized carbons (Fsp3) is 0.259. The molecule has 0 spiro atoms. The van der Waals surface area contributed by atoms with Crippen molar-refractivity contribution < 1.29 is 24.2 Å². The Balaban J connectivity index is 1.56. The molecule has 3 aromatic carbocycles. The largest absolute Gasteiger partial charge is 0.508 e. The molecule has 33 heavy (non-hydrogen) atoms. The second-order valence-electron chi connectivity index (χ2n) is 8.40. The molecule has 0 bridgehead atoms. The molecule has 170 valence electrons. The van der Waals surface area contributed by atoms with Gasteiger partial charge in [0.05, 0.1) is 12.0 Å². The van der Waals surface area contributed by atoms with Crippen molar-refractivity contribution in [3.63, 3.8) is 0 Å². The van der Waals surface area contributed by atoms with Crippen LogP contribution in [-0.4, -0.2) is 22.1 Å². The molecule has 2 atom stereocenters. The fourth-order valence-electron chi connectivity index (χ4n) is 4.49. The van der Waals surface area contributed by atoms with Gasteiger partial charge < -0.3 is 15.1 Å². The Morgan fingerprint density at radius 2 is 1.67 bits per heavy atom. The van der Waals surface area contributed by atoms with Crippen molar-refractivity contribution in [2.24, 2.45) is 5.92 Å². The first-order chi connectivity index (χ1) is 15.9. The molecule has 2 N–H and O–H groups in total. The van der Waals surface area contributed by atoms with E-state index in [1.807, 2.05) is 18.2 Å². The number of β-lactam (4-membered cyclic amide) rings is 1. The first-order valence-electron chi connectivity index (χ1n) is 11.1. The van der Waals surface area contributed by atoms with Crippen molar-refractivity contribution in [1.29, 1.82) is 0 Å². The lowest BCUT2D eigenvalue weighted by Crippen LogP contribution is -2.55. The molecule has 1 fully saturated rings. The van der Waals surface area contributed by atoms with E-state index in [1.165, 1.54) is 17.7 Å². The molecule has 1 heterocycles. The van der Waals surface area contributed by atoms with Gasteiger partial charge in [-0.3, -0.25) is 9.59 Å². The normalized spacial score (nSPS) is 17.6. The van der Waals surface area contributed by atoms with E-state index in [2.05, 4.69) is 12.1 Å². The summed E-state index contributed by atoms with van der Waals surface area (Å²) in [6.45, 7) is 0. The molecule has 0 saturated carbocycles. The van der Waals surface area contributed by atoms with Crippen LogP contribution in [0.5, 0.6) is 5.75 Å². The van der Waals surface area contributed by atoms with Crippen LogP contribution in [0.25, 0.3) is 0 Å². The highest BCUT2D eigenvalue weighted by Gasteiger charge is 2.49. The smallest absolute Gasteiger partial charge is 0.303 e. The van der Waals surface area contributed by atoms with Gasteiger partial charge in [0.25, 0.3) is 0 Å². The zero-order valence-corrected chi connectivity index (χ0v) is 18.2. The summed E-state index contributed by atoms with van der Waals surface area (Å²) in [4.78, 5) is 25.6. The number of nitrogens with zero attached hydrogens (tertiary/aromatic N) is 1. The van der Waals surface area contributed by atoms with Crippen molar-refractivity contribution >= 4 is 17.6 Å².